The van der Waals surface area contributed by atoms with Crippen LogP contribution in [0.2, 0.25) is 0 Å². The highest BCUT2D eigenvalue weighted by atomic mass is 32.1. The lowest BCUT2D eigenvalue weighted by molar-refractivity contribution is -0.902. The van der Waals surface area contributed by atoms with Crippen LogP contribution in [0.3, 0.4) is 0 Å². The number of halogens is 3. The van der Waals surface area contributed by atoms with E-state index in [0.29, 0.717) is 18.6 Å². The topological polar surface area (TPSA) is 77.6 Å². The second-order valence-corrected chi connectivity index (χ2v) is 9.77. The van der Waals surface area contributed by atoms with E-state index in [1.165, 1.54) is 11.8 Å². The van der Waals surface area contributed by atoms with E-state index in [0.717, 1.165) is 58.9 Å². The molecule has 0 radical (unpaired) electrons. The van der Waals surface area contributed by atoms with Gasteiger partial charge in [0.1, 0.15) is 5.92 Å². The zero-order valence-electron chi connectivity index (χ0n) is 19.4. The van der Waals surface area contributed by atoms with Gasteiger partial charge in [-0.15, -0.1) is 0 Å². The van der Waals surface area contributed by atoms with Gasteiger partial charge in [-0.2, -0.15) is 23.3 Å². The third-order valence-corrected chi connectivity index (χ3v) is 7.44. The van der Waals surface area contributed by atoms with Crippen LogP contribution < -0.4 is 15.2 Å². The summed E-state index contributed by atoms with van der Waals surface area (Å²) in [6.45, 7) is 8.59. The van der Waals surface area contributed by atoms with Crippen molar-refractivity contribution in [1.29, 1.82) is 0 Å². The monoisotopic (exact) mass is 526 g/mol. The maximum atomic E-state index is 13.8. The average molecular weight is 527 g/mol. The number of amides is 1. The second-order valence-electron chi connectivity index (χ2n) is 8.38. The number of fused-ring (bicyclic) bond motifs is 1. The number of hydrogen-bond donors (Lipinski definition) is 2. The van der Waals surface area contributed by atoms with Gasteiger partial charge in [-0.3, -0.25) is 9.79 Å². The number of hydrogen-bond acceptors (Lipinski definition) is 6. The molecule has 13 heteroatoms. The predicted molar refractivity (Wildman–Crippen MR) is 135 cm³/mol. The van der Waals surface area contributed by atoms with Crippen molar-refractivity contribution in [3.63, 3.8) is 0 Å². The molecule has 4 rings (SSSR count). The van der Waals surface area contributed by atoms with Crippen LogP contribution in [0, 0.1) is 5.92 Å². The average Bonchev–Trinajstić information content (AvgIpc) is 3.40. The summed E-state index contributed by atoms with van der Waals surface area (Å²) in [7, 11) is 0. The minimum atomic E-state index is -4.75. The summed E-state index contributed by atoms with van der Waals surface area (Å²) in [6, 6.07) is 7.12. The smallest absolute Gasteiger partial charge is 0.363 e. The van der Waals surface area contributed by atoms with Gasteiger partial charge in [-0.05, 0) is 38.2 Å². The molecule has 1 aromatic carbocycles. The van der Waals surface area contributed by atoms with Gasteiger partial charge in [0, 0.05) is 12.3 Å². The Morgan fingerprint density at radius 1 is 1.31 bits per heavy atom. The molecule has 1 atom stereocenters. The Balaban J connectivity index is 1.42. The largest absolute Gasteiger partial charge is 0.432 e. The molecule has 2 N–H and O–H groups in total. The summed E-state index contributed by atoms with van der Waals surface area (Å²) in [5.41, 5.74) is -0.436. The Morgan fingerprint density at radius 3 is 2.69 bits per heavy atom. The molecule has 1 saturated heterocycles. The van der Waals surface area contributed by atoms with E-state index in [2.05, 4.69) is 25.3 Å². The fourth-order valence-corrected chi connectivity index (χ4v) is 5.41. The number of rotatable bonds is 6. The minimum absolute atomic E-state index is 0.112. The number of thiazole rings is 1. The molecule has 8 nitrogen and oxygen atoms in total. The van der Waals surface area contributed by atoms with Crippen molar-refractivity contribution in [2.24, 2.45) is 16.0 Å². The van der Waals surface area contributed by atoms with E-state index in [9.17, 15) is 18.0 Å². The molecule has 1 unspecified atom stereocenters. The molecule has 0 spiro atoms. The lowest BCUT2D eigenvalue weighted by Crippen LogP contribution is -3.15. The van der Waals surface area contributed by atoms with Gasteiger partial charge >= 0.3 is 6.18 Å². The van der Waals surface area contributed by atoms with E-state index in [-0.39, 0.29) is 10.8 Å². The van der Waals surface area contributed by atoms with Gasteiger partial charge in [0.25, 0.3) is 5.91 Å². The Labute approximate surface area is 210 Å². The molecule has 1 aromatic heterocycles. The molecule has 2 aromatic rings. The first kappa shape index (κ1) is 25.5. The van der Waals surface area contributed by atoms with Crippen LogP contribution in [0.15, 0.2) is 34.4 Å². The third-order valence-electron chi connectivity index (χ3n) is 6.02. The molecule has 0 bridgehead atoms. The zero-order valence-corrected chi connectivity index (χ0v) is 21.1. The third kappa shape index (κ3) is 5.62. The van der Waals surface area contributed by atoms with Crippen LogP contribution in [-0.2, 0) is 4.79 Å². The maximum absolute atomic E-state index is 13.8. The molecule has 35 heavy (non-hydrogen) atoms. The molecular weight excluding hydrogens is 499 g/mol. The number of nitrogens with zero attached hydrogens (tertiary/aromatic N) is 5. The van der Waals surface area contributed by atoms with Crippen molar-refractivity contribution in [1.82, 2.24) is 15.2 Å². The van der Waals surface area contributed by atoms with Crippen molar-refractivity contribution < 1.29 is 22.9 Å². The minimum Gasteiger partial charge on any atom is -0.363 e. The van der Waals surface area contributed by atoms with Crippen LogP contribution in [0.4, 0.5) is 18.3 Å². The van der Waals surface area contributed by atoms with Crippen molar-refractivity contribution >= 4 is 61.3 Å². The van der Waals surface area contributed by atoms with Crippen molar-refractivity contribution in [2.75, 3.05) is 50.8 Å². The number of anilines is 1. The number of carbonyl (C=O) groups excluding carboxylic acids is 1. The fourth-order valence-electron chi connectivity index (χ4n) is 4.16. The quantitative estimate of drug-likeness (QED) is 0.443. The Bertz CT molecular complexity index is 1120. The molecule has 0 aliphatic carbocycles. The molecular formula is C22H27F3N7OS2+. The van der Waals surface area contributed by atoms with E-state index in [1.807, 2.05) is 6.92 Å². The number of para-hydroxylation sites is 1. The SMILES string of the molecule is CCNC(=S)N1CC[NH+](CCN=C(C)C2C(=O)N(c3nc4ccccc4s3)N=C2C(F)(F)F)CC1. The lowest BCUT2D eigenvalue weighted by Gasteiger charge is -2.33. The number of aromatic nitrogens is 1. The van der Waals surface area contributed by atoms with E-state index in [4.69, 9.17) is 12.2 Å². The van der Waals surface area contributed by atoms with Crippen LogP contribution in [0.1, 0.15) is 13.8 Å². The van der Waals surface area contributed by atoms with Crippen molar-refractivity contribution in [3.05, 3.63) is 24.3 Å². The Morgan fingerprint density at radius 2 is 2.03 bits per heavy atom. The highest BCUT2D eigenvalue weighted by Crippen LogP contribution is 2.36. The van der Waals surface area contributed by atoms with Crippen LogP contribution in [-0.4, -0.2) is 84.3 Å². The molecule has 1 amide bonds. The molecule has 2 aliphatic heterocycles. The summed E-state index contributed by atoms with van der Waals surface area (Å²) in [6.07, 6.45) is -4.75. The highest BCUT2D eigenvalue weighted by Gasteiger charge is 2.52. The number of aliphatic imine (C=N–C) groups is 1. The summed E-state index contributed by atoms with van der Waals surface area (Å²) in [4.78, 5) is 25.2. The van der Waals surface area contributed by atoms with Gasteiger partial charge in [0.05, 0.1) is 49.5 Å². The first-order valence-electron chi connectivity index (χ1n) is 11.4. The number of nitrogens with one attached hydrogen (secondary N) is 2. The first-order valence-corrected chi connectivity index (χ1v) is 12.6. The predicted octanol–water partition coefficient (Wildman–Crippen LogP) is 1.73. The molecule has 3 heterocycles. The fraction of sp³-hybridized carbons (Fsp3) is 0.500. The number of piperazine rings is 1. The molecule has 0 saturated carbocycles. The number of thiocarbonyl (C=S) groups is 1. The van der Waals surface area contributed by atoms with E-state index < -0.39 is 23.7 Å². The van der Waals surface area contributed by atoms with E-state index in [1.54, 1.807) is 24.3 Å². The highest BCUT2D eigenvalue weighted by molar-refractivity contribution is 7.80. The summed E-state index contributed by atoms with van der Waals surface area (Å²) < 4.78 is 42.2. The van der Waals surface area contributed by atoms with Crippen molar-refractivity contribution in [2.45, 2.75) is 20.0 Å². The van der Waals surface area contributed by atoms with Gasteiger partial charge in [-0.1, -0.05) is 23.5 Å². The van der Waals surface area contributed by atoms with Gasteiger partial charge in [-0.25, -0.2) is 4.98 Å². The standard InChI is InChI=1S/C22H26F3N7OS2/c1-3-26-20(34)31-12-10-30(11-13-31)9-8-27-14(2)17-18(22(23,24)25)29-32(19(17)33)21-28-15-6-4-5-7-16(15)35-21/h4-7,17H,3,8-13H2,1-2H3,(H,26,34)/p+1. The number of quaternary nitrogens is 1. The summed E-state index contributed by atoms with van der Waals surface area (Å²) in [5, 5.41) is 8.44. The number of alkyl halides is 3. The zero-order chi connectivity index (χ0) is 25.2. The normalized spacial score (nSPS) is 20.0. The maximum Gasteiger partial charge on any atom is 0.432 e. The van der Waals surface area contributed by atoms with E-state index >= 15 is 0 Å². The molecule has 2 aliphatic rings. The summed E-state index contributed by atoms with van der Waals surface area (Å²) in [5.74, 6) is -2.35. The number of carbonyl (C=O) groups is 1. The van der Waals surface area contributed by atoms with Crippen LogP contribution in [0.25, 0.3) is 10.2 Å². The number of benzene rings is 1. The van der Waals surface area contributed by atoms with Crippen LogP contribution >= 0.6 is 23.6 Å². The van der Waals surface area contributed by atoms with Gasteiger partial charge in [0.2, 0.25) is 5.13 Å². The summed E-state index contributed by atoms with van der Waals surface area (Å²) >= 11 is 6.48. The molecule has 188 valence electrons. The first-order chi connectivity index (χ1) is 16.7. The van der Waals surface area contributed by atoms with Crippen LogP contribution in [0.5, 0.6) is 0 Å². The Hall–Kier alpha value is -2.64. The van der Waals surface area contributed by atoms with Gasteiger partial charge < -0.3 is 15.1 Å². The lowest BCUT2D eigenvalue weighted by atomic mass is 9.98. The Kier molecular flexibility index (Phi) is 7.67. The second kappa shape index (κ2) is 10.5. The molecule has 1 fully saturated rings. The van der Waals surface area contributed by atoms with Crippen molar-refractivity contribution in [3.8, 4) is 0 Å². The number of hydrazone groups is 1. The van der Waals surface area contributed by atoms with Gasteiger partial charge in [0.15, 0.2) is 10.8 Å².